The molecule has 0 aromatic rings. The number of halogens is 1. The Morgan fingerprint density at radius 3 is 2.43 bits per heavy atom. The summed E-state index contributed by atoms with van der Waals surface area (Å²) in [5.74, 6) is -0.542. The molecule has 2 N–H and O–H groups in total. The van der Waals surface area contributed by atoms with Crippen LogP contribution in [-0.4, -0.2) is 18.5 Å². The number of Topliss-reactive ketones (excluding diaryl/α,β-unsaturated/α-hetero) is 1. The van der Waals surface area contributed by atoms with Gasteiger partial charge >= 0.3 is 0 Å². The fourth-order valence-corrected chi connectivity index (χ4v) is 0.122. The van der Waals surface area contributed by atoms with Crippen molar-refractivity contribution in [1.29, 1.82) is 0 Å². The van der Waals surface area contributed by atoms with Gasteiger partial charge in [0.1, 0.15) is 6.67 Å². The van der Waals surface area contributed by atoms with Crippen LogP contribution in [0.4, 0.5) is 4.39 Å². The first-order valence-electron chi connectivity index (χ1n) is 2.02. The van der Waals surface area contributed by atoms with E-state index in [1.807, 2.05) is 0 Å². The molecule has 0 bridgehead atoms. The van der Waals surface area contributed by atoms with Gasteiger partial charge in [-0.25, -0.2) is 4.39 Å². The lowest BCUT2D eigenvalue weighted by Gasteiger charge is -1.94. The molecule has 3 heteroatoms. The minimum Gasteiger partial charge on any atom is -0.322 e. The summed E-state index contributed by atoms with van der Waals surface area (Å²) in [5.41, 5.74) is 4.96. The van der Waals surface area contributed by atoms with Crippen LogP contribution in [0.1, 0.15) is 6.92 Å². The molecule has 0 radical (unpaired) electrons. The molecule has 0 aliphatic carbocycles. The van der Waals surface area contributed by atoms with Crippen molar-refractivity contribution >= 4 is 5.78 Å². The zero-order valence-corrected chi connectivity index (χ0v) is 4.15. The number of alkyl halides is 1. The number of rotatable bonds is 2. The molecule has 0 fully saturated rings. The summed E-state index contributed by atoms with van der Waals surface area (Å²) in [6.45, 7) is 0.513. The summed E-state index contributed by atoms with van der Waals surface area (Å²) < 4.78 is 11.2. The molecular weight excluding hydrogens is 97.0 g/mol. The van der Waals surface area contributed by atoms with Gasteiger partial charge in [0, 0.05) is 0 Å². The highest BCUT2D eigenvalue weighted by Crippen LogP contribution is 1.78. The third-order valence-electron chi connectivity index (χ3n) is 0.640. The number of nitrogens with two attached hydrogens (primary N) is 1. The Morgan fingerprint density at radius 2 is 2.43 bits per heavy atom. The Kier molecular flexibility index (Phi) is 2.52. The van der Waals surface area contributed by atoms with Gasteiger partial charge in [0.15, 0.2) is 5.78 Å². The number of hydrogen-bond donors (Lipinski definition) is 1. The molecule has 0 aliphatic heterocycles. The molecule has 0 spiro atoms. The summed E-state index contributed by atoms with van der Waals surface area (Å²) in [7, 11) is 0. The molecule has 0 amide bonds. The minimum absolute atomic E-state index is 0.542. The van der Waals surface area contributed by atoms with E-state index in [1.165, 1.54) is 6.92 Å². The molecule has 1 atom stereocenters. The zero-order chi connectivity index (χ0) is 5.86. The molecule has 42 valence electrons. The monoisotopic (exact) mass is 105 g/mol. The quantitative estimate of drug-likeness (QED) is 0.531. The second kappa shape index (κ2) is 2.69. The maximum atomic E-state index is 11.2. The van der Waals surface area contributed by atoms with E-state index in [2.05, 4.69) is 0 Å². The topological polar surface area (TPSA) is 43.1 Å². The summed E-state index contributed by atoms with van der Waals surface area (Å²) in [6.07, 6.45) is 0. The van der Waals surface area contributed by atoms with Crippen molar-refractivity contribution in [3.8, 4) is 0 Å². The lowest BCUT2D eigenvalue weighted by molar-refractivity contribution is -0.120. The van der Waals surface area contributed by atoms with Gasteiger partial charge in [-0.05, 0) is 6.92 Å². The molecular formula is C4H8FNO. The van der Waals surface area contributed by atoms with Gasteiger partial charge < -0.3 is 5.73 Å². The highest BCUT2D eigenvalue weighted by atomic mass is 19.1. The van der Waals surface area contributed by atoms with Gasteiger partial charge in [-0.1, -0.05) is 0 Å². The fraction of sp³-hybridized carbons (Fsp3) is 0.750. The second-order valence-electron chi connectivity index (χ2n) is 1.39. The third kappa shape index (κ3) is 2.28. The number of ketones is 1. The van der Waals surface area contributed by atoms with Crippen LogP contribution < -0.4 is 5.73 Å². The van der Waals surface area contributed by atoms with Crippen molar-refractivity contribution in [2.75, 3.05) is 6.67 Å². The first-order chi connectivity index (χ1) is 3.18. The molecule has 0 saturated carbocycles. The van der Waals surface area contributed by atoms with Gasteiger partial charge in [-0.3, -0.25) is 4.79 Å². The summed E-state index contributed by atoms with van der Waals surface area (Å²) in [4.78, 5) is 10.0. The SMILES string of the molecule is CC(N)C(=O)CF. The third-order valence-corrected chi connectivity index (χ3v) is 0.640. The summed E-state index contributed by atoms with van der Waals surface area (Å²) in [5, 5.41) is 0. The van der Waals surface area contributed by atoms with Gasteiger partial charge in [0.05, 0.1) is 6.04 Å². The van der Waals surface area contributed by atoms with Crippen molar-refractivity contribution in [3.05, 3.63) is 0 Å². The van der Waals surface area contributed by atoms with E-state index in [-0.39, 0.29) is 0 Å². The van der Waals surface area contributed by atoms with E-state index in [0.717, 1.165) is 0 Å². The smallest absolute Gasteiger partial charge is 0.180 e. The Morgan fingerprint density at radius 1 is 2.00 bits per heavy atom. The van der Waals surface area contributed by atoms with Crippen LogP contribution in [0.2, 0.25) is 0 Å². The maximum Gasteiger partial charge on any atom is 0.180 e. The predicted molar refractivity (Wildman–Crippen MR) is 24.6 cm³/mol. The second-order valence-corrected chi connectivity index (χ2v) is 1.39. The van der Waals surface area contributed by atoms with Crippen LogP contribution in [0.15, 0.2) is 0 Å². The Hall–Kier alpha value is -0.440. The molecule has 0 aromatic carbocycles. The first kappa shape index (κ1) is 6.56. The van der Waals surface area contributed by atoms with Crippen molar-refractivity contribution in [1.82, 2.24) is 0 Å². The lowest BCUT2D eigenvalue weighted by atomic mass is 10.2. The van der Waals surface area contributed by atoms with Crippen molar-refractivity contribution < 1.29 is 9.18 Å². The molecule has 1 unspecified atom stereocenters. The molecule has 0 aliphatic rings. The Bertz CT molecular complexity index is 72.1. The Balaban J connectivity index is 3.35. The minimum atomic E-state index is -0.947. The lowest BCUT2D eigenvalue weighted by Crippen LogP contribution is -2.27. The number of carbonyl (C=O) groups excluding carboxylic acids is 1. The standard InChI is InChI=1S/C4H8FNO/c1-3(6)4(7)2-5/h3H,2,6H2,1H3. The van der Waals surface area contributed by atoms with Crippen LogP contribution in [0.25, 0.3) is 0 Å². The zero-order valence-electron chi connectivity index (χ0n) is 4.15. The number of hydrogen-bond acceptors (Lipinski definition) is 2. The summed E-state index contributed by atoms with van der Waals surface area (Å²) >= 11 is 0. The maximum absolute atomic E-state index is 11.2. The van der Waals surface area contributed by atoms with Crippen LogP contribution in [0.5, 0.6) is 0 Å². The van der Waals surface area contributed by atoms with E-state index in [1.54, 1.807) is 0 Å². The number of carbonyl (C=O) groups is 1. The molecule has 7 heavy (non-hydrogen) atoms. The van der Waals surface area contributed by atoms with Crippen LogP contribution in [-0.2, 0) is 4.79 Å². The molecule has 0 heterocycles. The highest BCUT2D eigenvalue weighted by molar-refractivity contribution is 5.84. The van der Waals surface area contributed by atoms with Gasteiger partial charge in [0.25, 0.3) is 0 Å². The van der Waals surface area contributed by atoms with E-state index in [9.17, 15) is 9.18 Å². The van der Waals surface area contributed by atoms with Crippen LogP contribution in [0, 0.1) is 0 Å². The largest absolute Gasteiger partial charge is 0.322 e. The molecule has 0 rings (SSSR count). The Labute approximate surface area is 41.5 Å². The average Bonchev–Trinajstić information content (AvgIpc) is 1.65. The molecule has 0 aromatic heterocycles. The van der Waals surface area contributed by atoms with Crippen LogP contribution in [0.3, 0.4) is 0 Å². The van der Waals surface area contributed by atoms with Crippen molar-refractivity contribution in [2.24, 2.45) is 5.73 Å². The van der Waals surface area contributed by atoms with Crippen molar-refractivity contribution in [2.45, 2.75) is 13.0 Å². The average molecular weight is 105 g/mol. The van der Waals surface area contributed by atoms with Crippen LogP contribution >= 0.6 is 0 Å². The van der Waals surface area contributed by atoms with Crippen molar-refractivity contribution in [3.63, 3.8) is 0 Å². The predicted octanol–water partition coefficient (Wildman–Crippen LogP) is -0.128. The normalized spacial score (nSPS) is 13.6. The first-order valence-corrected chi connectivity index (χ1v) is 2.02. The fourth-order valence-electron chi connectivity index (χ4n) is 0.122. The van der Waals surface area contributed by atoms with Gasteiger partial charge in [-0.15, -0.1) is 0 Å². The molecule has 0 saturated heterocycles. The summed E-state index contributed by atoms with van der Waals surface area (Å²) in [6, 6.07) is -0.648. The highest BCUT2D eigenvalue weighted by Gasteiger charge is 2.03. The molecule has 2 nitrogen and oxygen atoms in total. The van der Waals surface area contributed by atoms with Gasteiger partial charge in [-0.2, -0.15) is 0 Å². The van der Waals surface area contributed by atoms with E-state index < -0.39 is 18.5 Å². The van der Waals surface area contributed by atoms with E-state index in [0.29, 0.717) is 0 Å². The van der Waals surface area contributed by atoms with E-state index >= 15 is 0 Å². The van der Waals surface area contributed by atoms with Gasteiger partial charge in [0.2, 0.25) is 0 Å². The van der Waals surface area contributed by atoms with E-state index in [4.69, 9.17) is 5.73 Å².